The van der Waals surface area contributed by atoms with Gasteiger partial charge in [-0.3, -0.25) is 9.36 Å². The number of hydrogen-bond acceptors (Lipinski definition) is 3. The van der Waals surface area contributed by atoms with Crippen molar-refractivity contribution in [2.45, 2.75) is 38.6 Å². The Kier molecular flexibility index (Phi) is 4.15. The maximum Gasteiger partial charge on any atom is 0.326 e. The van der Waals surface area contributed by atoms with Crippen LogP contribution in [0.3, 0.4) is 0 Å². The molecule has 25 heavy (non-hydrogen) atoms. The smallest absolute Gasteiger partial charge is 0.326 e. The molecule has 1 unspecified atom stereocenters. The number of fused-ring (bicyclic) bond motifs is 1. The second-order valence-electron chi connectivity index (χ2n) is 7.68. The van der Waals surface area contributed by atoms with Crippen LogP contribution >= 0.6 is 0 Å². The first kappa shape index (κ1) is 16.4. The number of para-hydroxylation sites is 2. The number of nitrogens with zero attached hydrogens (tertiary/aromatic N) is 2. The number of piperidine rings is 2. The lowest BCUT2D eigenvalue weighted by molar-refractivity contribution is -0.143. The molecule has 1 aromatic heterocycles. The van der Waals surface area contributed by atoms with E-state index in [-0.39, 0.29) is 23.1 Å². The number of nitrogens with one attached hydrogen (secondary N) is 2. The number of aromatic amines is 1. The molecule has 2 aliphatic heterocycles. The number of amides is 1. The third kappa shape index (κ3) is 2.88. The van der Waals surface area contributed by atoms with Gasteiger partial charge in [-0.25, -0.2) is 4.79 Å². The minimum Gasteiger partial charge on any atom is -0.342 e. The van der Waals surface area contributed by atoms with Gasteiger partial charge < -0.3 is 15.2 Å². The Balaban J connectivity index is 1.49. The number of rotatable bonds is 2. The fourth-order valence-electron chi connectivity index (χ4n) is 4.38. The second kappa shape index (κ2) is 6.33. The van der Waals surface area contributed by atoms with E-state index in [1.165, 1.54) is 0 Å². The van der Waals surface area contributed by atoms with E-state index in [1.54, 1.807) is 0 Å². The molecule has 3 heterocycles. The van der Waals surface area contributed by atoms with Gasteiger partial charge in [0.15, 0.2) is 0 Å². The van der Waals surface area contributed by atoms with E-state index in [9.17, 15) is 9.59 Å². The zero-order valence-electron chi connectivity index (χ0n) is 14.8. The Morgan fingerprint density at radius 3 is 2.72 bits per heavy atom. The van der Waals surface area contributed by atoms with E-state index in [0.29, 0.717) is 0 Å². The highest BCUT2D eigenvalue weighted by Crippen LogP contribution is 2.31. The highest BCUT2D eigenvalue weighted by molar-refractivity contribution is 5.83. The van der Waals surface area contributed by atoms with Crippen LogP contribution in [0.4, 0.5) is 0 Å². The summed E-state index contributed by atoms with van der Waals surface area (Å²) in [5.74, 6) is 0.268. The number of imidazole rings is 1. The van der Waals surface area contributed by atoms with Gasteiger partial charge in [0, 0.05) is 25.7 Å². The molecule has 2 saturated heterocycles. The molecule has 0 aliphatic carbocycles. The van der Waals surface area contributed by atoms with E-state index >= 15 is 0 Å². The van der Waals surface area contributed by atoms with Crippen molar-refractivity contribution < 1.29 is 4.79 Å². The Morgan fingerprint density at radius 2 is 2.00 bits per heavy atom. The van der Waals surface area contributed by atoms with Crippen LogP contribution in [0.1, 0.15) is 38.6 Å². The average Bonchev–Trinajstić information content (AvgIpc) is 2.97. The summed E-state index contributed by atoms with van der Waals surface area (Å²) in [7, 11) is 0. The number of hydrogen-bond donors (Lipinski definition) is 2. The molecular weight excluding hydrogens is 316 g/mol. The molecule has 2 N–H and O–H groups in total. The number of aromatic nitrogens is 2. The molecule has 6 heteroatoms. The van der Waals surface area contributed by atoms with Crippen LogP contribution < -0.4 is 11.0 Å². The first-order valence-corrected chi connectivity index (χ1v) is 9.28. The van der Waals surface area contributed by atoms with E-state index in [1.807, 2.05) is 33.7 Å². The van der Waals surface area contributed by atoms with Gasteiger partial charge >= 0.3 is 5.69 Å². The van der Waals surface area contributed by atoms with Gasteiger partial charge in [-0.05, 0) is 51.3 Å². The molecule has 2 aromatic rings. The van der Waals surface area contributed by atoms with Crippen LogP contribution in [0.5, 0.6) is 0 Å². The van der Waals surface area contributed by atoms with Crippen molar-refractivity contribution >= 4 is 16.9 Å². The number of benzene rings is 1. The summed E-state index contributed by atoms with van der Waals surface area (Å²) in [6.45, 7) is 5.32. The lowest BCUT2D eigenvalue weighted by atomic mass is 9.81. The predicted octanol–water partition coefficient (Wildman–Crippen LogP) is 1.88. The third-order valence-electron chi connectivity index (χ3n) is 5.85. The maximum atomic E-state index is 13.0. The minimum atomic E-state index is -0.275. The summed E-state index contributed by atoms with van der Waals surface area (Å²) in [5, 5.41) is 3.36. The normalized spacial score (nSPS) is 25.4. The average molecular weight is 342 g/mol. The molecule has 6 nitrogen and oxygen atoms in total. The maximum absolute atomic E-state index is 13.0. The third-order valence-corrected chi connectivity index (χ3v) is 5.85. The predicted molar refractivity (Wildman–Crippen MR) is 97.6 cm³/mol. The Bertz CT molecular complexity index is 823. The molecule has 0 bridgehead atoms. The second-order valence-corrected chi connectivity index (χ2v) is 7.68. The molecule has 1 aromatic carbocycles. The largest absolute Gasteiger partial charge is 0.342 e. The summed E-state index contributed by atoms with van der Waals surface area (Å²) in [5.41, 5.74) is 1.52. The molecule has 0 spiro atoms. The van der Waals surface area contributed by atoms with E-state index < -0.39 is 0 Å². The molecule has 4 rings (SSSR count). The lowest BCUT2D eigenvalue weighted by Crippen LogP contribution is -2.52. The number of H-pyrrole nitrogens is 1. The molecule has 134 valence electrons. The minimum absolute atomic E-state index is 0.0468. The van der Waals surface area contributed by atoms with Gasteiger partial charge in [0.05, 0.1) is 16.4 Å². The molecule has 0 saturated carbocycles. The van der Waals surface area contributed by atoms with Gasteiger partial charge in [0.2, 0.25) is 5.91 Å². The molecule has 2 fully saturated rings. The first-order valence-electron chi connectivity index (χ1n) is 9.28. The Hall–Kier alpha value is -2.08. The van der Waals surface area contributed by atoms with Gasteiger partial charge in [-0.15, -0.1) is 0 Å². The zero-order valence-corrected chi connectivity index (χ0v) is 14.8. The van der Waals surface area contributed by atoms with Crippen molar-refractivity contribution in [1.82, 2.24) is 19.8 Å². The summed E-state index contributed by atoms with van der Waals surface area (Å²) < 4.78 is 1.88. The number of carbonyl (C=O) groups is 1. The number of carbonyl (C=O) groups excluding carboxylic acids is 1. The zero-order chi connectivity index (χ0) is 17.4. The van der Waals surface area contributed by atoms with E-state index in [4.69, 9.17) is 0 Å². The topological polar surface area (TPSA) is 70.1 Å². The van der Waals surface area contributed by atoms with Gasteiger partial charge in [-0.2, -0.15) is 0 Å². The van der Waals surface area contributed by atoms with Crippen molar-refractivity contribution in [2.75, 3.05) is 26.2 Å². The molecular formula is C19H26N4O2. The Morgan fingerprint density at radius 1 is 1.24 bits per heavy atom. The number of likely N-dealkylation sites (tertiary alicyclic amines) is 1. The van der Waals surface area contributed by atoms with Gasteiger partial charge in [0.1, 0.15) is 0 Å². The fourth-order valence-corrected chi connectivity index (χ4v) is 4.38. The highest BCUT2D eigenvalue weighted by atomic mass is 16.2. The van der Waals surface area contributed by atoms with Crippen LogP contribution in [-0.4, -0.2) is 46.5 Å². The monoisotopic (exact) mass is 342 g/mol. The van der Waals surface area contributed by atoms with Gasteiger partial charge in [0.25, 0.3) is 0 Å². The van der Waals surface area contributed by atoms with Crippen molar-refractivity contribution in [3.8, 4) is 0 Å². The van der Waals surface area contributed by atoms with Crippen LogP contribution in [0.15, 0.2) is 29.1 Å². The SMILES string of the molecule is CC1(C(=O)N2CCC(n3c(=O)[nH]c4ccccc43)CC2)CCCNC1. The molecule has 2 aliphatic rings. The summed E-state index contributed by atoms with van der Waals surface area (Å²) in [6, 6.07) is 7.97. The Labute approximate surface area is 147 Å². The quantitative estimate of drug-likeness (QED) is 0.875. The van der Waals surface area contributed by atoms with Crippen molar-refractivity contribution in [3.05, 3.63) is 34.7 Å². The standard InChI is InChI=1S/C19H26N4O2/c1-19(9-4-10-20-13-19)17(24)22-11-7-14(8-12-22)23-16-6-3-2-5-15(16)21-18(23)25/h2-3,5-6,14,20H,4,7-13H2,1H3,(H,21,25). The van der Waals surface area contributed by atoms with Crippen LogP contribution in [0, 0.1) is 5.41 Å². The van der Waals surface area contributed by atoms with Crippen molar-refractivity contribution in [2.24, 2.45) is 5.41 Å². The van der Waals surface area contributed by atoms with Crippen LogP contribution in [0.2, 0.25) is 0 Å². The lowest BCUT2D eigenvalue weighted by Gasteiger charge is -2.40. The molecule has 0 radical (unpaired) electrons. The van der Waals surface area contributed by atoms with Crippen LogP contribution in [0.25, 0.3) is 11.0 Å². The summed E-state index contributed by atoms with van der Waals surface area (Å²) in [4.78, 5) is 30.3. The molecule has 1 amide bonds. The van der Waals surface area contributed by atoms with Crippen molar-refractivity contribution in [3.63, 3.8) is 0 Å². The van der Waals surface area contributed by atoms with Crippen molar-refractivity contribution in [1.29, 1.82) is 0 Å². The van der Waals surface area contributed by atoms with Gasteiger partial charge in [-0.1, -0.05) is 12.1 Å². The molecule has 1 atom stereocenters. The summed E-state index contributed by atoms with van der Waals surface area (Å²) >= 11 is 0. The van der Waals surface area contributed by atoms with E-state index in [2.05, 4.69) is 17.2 Å². The van der Waals surface area contributed by atoms with E-state index in [0.717, 1.165) is 62.9 Å². The fraction of sp³-hybridized carbons (Fsp3) is 0.579. The highest BCUT2D eigenvalue weighted by Gasteiger charge is 2.39. The van der Waals surface area contributed by atoms with Crippen LogP contribution in [-0.2, 0) is 4.79 Å². The first-order chi connectivity index (χ1) is 12.1. The summed E-state index contributed by atoms with van der Waals surface area (Å²) in [6.07, 6.45) is 3.68.